The second-order valence-electron chi connectivity index (χ2n) is 5.37. The number of benzene rings is 2. The summed E-state index contributed by atoms with van der Waals surface area (Å²) in [5.41, 5.74) is 0.512. The highest BCUT2D eigenvalue weighted by atomic mass is 35.5. The Labute approximate surface area is 158 Å². The van der Waals surface area contributed by atoms with Crippen molar-refractivity contribution in [3.8, 4) is 11.5 Å². The normalized spacial score (nSPS) is 14.7. The van der Waals surface area contributed by atoms with E-state index in [0.717, 1.165) is 0 Å². The molecule has 138 valence electrons. The van der Waals surface area contributed by atoms with Gasteiger partial charge >= 0.3 is 5.97 Å². The molecule has 8 nitrogen and oxygen atoms in total. The van der Waals surface area contributed by atoms with E-state index in [1.54, 1.807) is 18.2 Å². The Morgan fingerprint density at radius 1 is 1.19 bits per heavy atom. The molecule has 0 unspecified atom stereocenters. The van der Waals surface area contributed by atoms with Crippen LogP contribution in [0.25, 0.3) is 6.08 Å². The van der Waals surface area contributed by atoms with Gasteiger partial charge in [0, 0.05) is 17.7 Å². The maximum Gasteiger partial charge on any atom is 0.363 e. The van der Waals surface area contributed by atoms with E-state index in [0.29, 0.717) is 17.1 Å². The number of hydrogen-bond donors (Lipinski definition) is 0. The van der Waals surface area contributed by atoms with Crippen LogP contribution in [0.2, 0.25) is 5.02 Å². The van der Waals surface area contributed by atoms with Gasteiger partial charge in [0.15, 0.2) is 5.70 Å². The summed E-state index contributed by atoms with van der Waals surface area (Å²) in [6, 6.07) is 8.87. The molecule has 0 atom stereocenters. The lowest BCUT2D eigenvalue weighted by molar-refractivity contribution is -0.384. The molecule has 27 heavy (non-hydrogen) atoms. The summed E-state index contributed by atoms with van der Waals surface area (Å²) in [7, 11) is 3.01. The molecule has 0 fully saturated rings. The quantitative estimate of drug-likeness (QED) is 0.335. The topological polar surface area (TPSA) is 100 Å². The molecule has 0 spiro atoms. The van der Waals surface area contributed by atoms with Crippen LogP contribution in [0.15, 0.2) is 47.1 Å². The number of esters is 1. The lowest BCUT2D eigenvalue weighted by Gasteiger charge is -2.07. The lowest BCUT2D eigenvalue weighted by atomic mass is 10.1. The summed E-state index contributed by atoms with van der Waals surface area (Å²) in [5, 5.41) is 11.1. The fourth-order valence-corrected chi connectivity index (χ4v) is 2.61. The molecular weight excluding hydrogens is 376 g/mol. The number of rotatable bonds is 5. The van der Waals surface area contributed by atoms with E-state index in [2.05, 4.69) is 4.99 Å². The van der Waals surface area contributed by atoms with Gasteiger partial charge in [0.2, 0.25) is 5.90 Å². The second-order valence-corrected chi connectivity index (χ2v) is 5.77. The Bertz CT molecular complexity index is 999. The van der Waals surface area contributed by atoms with Gasteiger partial charge in [0.1, 0.15) is 11.5 Å². The number of methoxy groups -OCH3 is 2. The third kappa shape index (κ3) is 3.75. The van der Waals surface area contributed by atoms with Gasteiger partial charge in [-0.2, -0.15) is 0 Å². The van der Waals surface area contributed by atoms with Gasteiger partial charge in [0.05, 0.1) is 29.7 Å². The van der Waals surface area contributed by atoms with E-state index < -0.39 is 10.9 Å². The second kappa shape index (κ2) is 7.46. The zero-order chi connectivity index (χ0) is 19.6. The number of cyclic esters (lactones) is 1. The van der Waals surface area contributed by atoms with Crippen LogP contribution in [0.5, 0.6) is 11.5 Å². The maximum absolute atomic E-state index is 12.2. The van der Waals surface area contributed by atoms with E-state index >= 15 is 0 Å². The van der Waals surface area contributed by atoms with Gasteiger partial charge in [-0.3, -0.25) is 10.1 Å². The Morgan fingerprint density at radius 2 is 1.96 bits per heavy atom. The largest absolute Gasteiger partial charge is 0.497 e. The van der Waals surface area contributed by atoms with E-state index in [-0.39, 0.29) is 27.9 Å². The van der Waals surface area contributed by atoms with Crippen molar-refractivity contribution in [2.24, 2.45) is 4.99 Å². The van der Waals surface area contributed by atoms with E-state index in [9.17, 15) is 14.9 Å². The van der Waals surface area contributed by atoms with Gasteiger partial charge in [-0.1, -0.05) is 11.6 Å². The van der Waals surface area contributed by atoms with Crippen molar-refractivity contribution in [1.82, 2.24) is 0 Å². The highest BCUT2D eigenvalue weighted by Gasteiger charge is 2.27. The average Bonchev–Trinajstić information content (AvgIpc) is 3.02. The summed E-state index contributed by atoms with van der Waals surface area (Å²) in [5.74, 6) is 0.257. The molecule has 1 heterocycles. The molecular formula is C18H13ClN2O6. The van der Waals surface area contributed by atoms with Crippen LogP contribution >= 0.6 is 11.6 Å². The minimum absolute atomic E-state index is 0.000809. The zero-order valence-electron chi connectivity index (χ0n) is 14.3. The predicted octanol–water partition coefficient (Wildman–Crippen LogP) is 3.61. The first-order valence-corrected chi connectivity index (χ1v) is 7.99. The number of nitrogens with zero attached hydrogens (tertiary/aromatic N) is 2. The molecule has 2 aromatic rings. The van der Waals surface area contributed by atoms with Gasteiger partial charge in [-0.05, 0) is 30.3 Å². The molecule has 1 aliphatic rings. The van der Waals surface area contributed by atoms with Crippen LogP contribution in [0, 0.1) is 10.1 Å². The highest BCUT2D eigenvalue weighted by Crippen LogP contribution is 2.30. The number of aliphatic imine (C=N–C) groups is 1. The number of hydrogen-bond acceptors (Lipinski definition) is 7. The summed E-state index contributed by atoms with van der Waals surface area (Å²) in [4.78, 5) is 26.7. The van der Waals surface area contributed by atoms with E-state index in [4.69, 9.17) is 25.8 Å². The Hall–Kier alpha value is -3.39. The van der Waals surface area contributed by atoms with Gasteiger partial charge in [0.25, 0.3) is 5.69 Å². The molecule has 9 heteroatoms. The van der Waals surface area contributed by atoms with Crippen molar-refractivity contribution in [3.63, 3.8) is 0 Å². The van der Waals surface area contributed by atoms with Crippen LogP contribution in [0.4, 0.5) is 5.69 Å². The summed E-state index contributed by atoms with van der Waals surface area (Å²) >= 11 is 6.07. The van der Waals surface area contributed by atoms with E-state index in [1.165, 1.54) is 38.5 Å². The lowest BCUT2D eigenvalue weighted by Crippen LogP contribution is -2.06. The number of carbonyl (C=O) groups is 1. The molecule has 0 saturated heterocycles. The van der Waals surface area contributed by atoms with Crippen molar-refractivity contribution < 1.29 is 23.9 Å². The Balaban J connectivity index is 2.04. The summed E-state index contributed by atoms with van der Waals surface area (Å²) < 4.78 is 15.6. The first-order valence-electron chi connectivity index (χ1n) is 7.62. The maximum atomic E-state index is 12.2. The number of carbonyl (C=O) groups excluding carboxylic acids is 1. The zero-order valence-corrected chi connectivity index (χ0v) is 15.0. The van der Waals surface area contributed by atoms with Gasteiger partial charge in [-0.15, -0.1) is 0 Å². The summed E-state index contributed by atoms with van der Waals surface area (Å²) in [6.45, 7) is 0. The van der Waals surface area contributed by atoms with Crippen molar-refractivity contribution in [1.29, 1.82) is 0 Å². The van der Waals surface area contributed by atoms with Crippen LogP contribution in [-0.2, 0) is 9.53 Å². The standard InChI is InChI=1S/C18H13ClN2O6/c1-25-12-4-6-16(26-2)10(7-12)8-15-18(22)27-17(20-15)13-9-11(21(23)24)3-5-14(13)19/h3-9H,1-2H3/b15-8-. The summed E-state index contributed by atoms with van der Waals surface area (Å²) in [6.07, 6.45) is 1.47. The van der Waals surface area contributed by atoms with Crippen LogP contribution in [-0.4, -0.2) is 31.0 Å². The van der Waals surface area contributed by atoms with Crippen molar-refractivity contribution >= 4 is 35.2 Å². The monoisotopic (exact) mass is 388 g/mol. The van der Waals surface area contributed by atoms with Crippen molar-refractivity contribution in [2.75, 3.05) is 14.2 Å². The molecule has 0 N–H and O–H groups in total. The van der Waals surface area contributed by atoms with Crippen molar-refractivity contribution in [2.45, 2.75) is 0 Å². The first-order chi connectivity index (χ1) is 12.9. The Kier molecular flexibility index (Phi) is 5.09. The highest BCUT2D eigenvalue weighted by molar-refractivity contribution is 6.34. The fourth-order valence-electron chi connectivity index (χ4n) is 2.41. The molecule has 1 aliphatic heterocycles. The van der Waals surface area contributed by atoms with Crippen LogP contribution < -0.4 is 9.47 Å². The minimum Gasteiger partial charge on any atom is -0.497 e. The molecule has 0 aromatic heterocycles. The predicted molar refractivity (Wildman–Crippen MR) is 98.3 cm³/mol. The van der Waals surface area contributed by atoms with Gasteiger partial charge < -0.3 is 14.2 Å². The third-order valence-corrected chi connectivity index (χ3v) is 4.07. The van der Waals surface area contributed by atoms with Crippen LogP contribution in [0.3, 0.4) is 0 Å². The molecule has 0 saturated carbocycles. The number of halogens is 1. The minimum atomic E-state index is -0.711. The average molecular weight is 389 g/mol. The third-order valence-electron chi connectivity index (χ3n) is 3.74. The molecule has 0 aliphatic carbocycles. The smallest absolute Gasteiger partial charge is 0.363 e. The SMILES string of the molecule is COc1ccc(OC)c(/C=C2\N=C(c3cc([N+](=O)[O-])ccc3Cl)OC2=O)c1. The molecule has 0 amide bonds. The number of nitro benzene ring substituents is 1. The fraction of sp³-hybridized carbons (Fsp3) is 0.111. The first kappa shape index (κ1) is 18.4. The van der Waals surface area contributed by atoms with Crippen molar-refractivity contribution in [3.05, 3.63) is 68.4 Å². The molecule has 3 rings (SSSR count). The van der Waals surface area contributed by atoms with E-state index in [1.807, 2.05) is 0 Å². The Morgan fingerprint density at radius 3 is 2.63 bits per heavy atom. The number of non-ortho nitro benzene ring substituents is 1. The molecule has 2 aromatic carbocycles. The molecule has 0 bridgehead atoms. The number of nitro groups is 1. The number of ether oxygens (including phenoxy) is 3. The molecule has 0 radical (unpaired) electrons. The van der Waals surface area contributed by atoms with Gasteiger partial charge in [-0.25, -0.2) is 9.79 Å². The van der Waals surface area contributed by atoms with Crippen LogP contribution in [0.1, 0.15) is 11.1 Å².